The fraction of sp³-hybridized carbons (Fsp3) is 0.677. The minimum atomic E-state index is -4.82. The predicted molar refractivity (Wildman–Crippen MR) is 162 cm³/mol. The Hall–Kier alpha value is -3.91. The van der Waals surface area contributed by atoms with E-state index in [-0.39, 0.29) is 24.2 Å². The first kappa shape index (κ1) is 35.0. The summed E-state index contributed by atoms with van der Waals surface area (Å²) in [5.74, 6) is -1.36. The molecule has 2 aromatic rings. The molecule has 2 aromatic heterocycles. The third-order valence-corrected chi connectivity index (χ3v) is 8.25. The first-order chi connectivity index (χ1) is 21.5. The van der Waals surface area contributed by atoms with Gasteiger partial charge in [-0.05, 0) is 90.5 Å². The number of carbonyl (C=O) groups is 4. The van der Waals surface area contributed by atoms with Crippen LogP contribution in [-0.4, -0.2) is 79.6 Å². The Labute approximate surface area is 266 Å². The average Bonchev–Trinajstić information content (AvgIpc) is 3.87. The second-order valence-electron chi connectivity index (χ2n) is 13.7. The lowest BCUT2D eigenvalue weighted by atomic mass is 9.88. The molecule has 2 fully saturated rings. The minimum Gasteiger partial charge on any atom is -0.444 e. The molecule has 2 aliphatic rings. The molecule has 0 aliphatic heterocycles. The van der Waals surface area contributed by atoms with Crippen LogP contribution in [0.5, 0.6) is 0 Å². The molecule has 2 saturated carbocycles. The summed E-state index contributed by atoms with van der Waals surface area (Å²) in [7, 11) is 0.984. The zero-order valence-corrected chi connectivity index (χ0v) is 27.1. The number of aldehydes is 1. The number of anilines is 1. The van der Waals surface area contributed by atoms with E-state index in [1.54, 1.807) is 31.5 Å². The Kier molecular flexibility index (Phi) is 10.5. The highest BCUT2D eigenvalue weighted by Gasteiger charge is 2.49. The van der Waals surface area contributed by atoms with Crippen LogP contribution in [-0.2, 0) is 20.9 Å². The molecule has 46 heavy (non-hydrogen) atoms. The number of aromatic nitrogens is 4. The lowest BCUT2D eigenvalue weighted by Crippen LogP contribution is -2.50. The lowest BCUT2D eigenvalue weighted by Gasteiger charge is -2.33. The fourth-order valence-corrected chi connectivity index (χ4v) is 5.77. The van der Waals surface area contributed by atoms with Gasteiger partial charge < -0.3 is 20.2 Å². The number of carbonyl (C=O) groups excluding carboxylic acids is 4. The van der Waals surface area contributed by atoms with E-state index < -0.39 is 54.1 Å². The number of nitrogens with one attached hydrogen (secondary N) is 2. The molecule has 2 heterocycles. The topological polar surface area (TPSA) is 140 Å². The molecule has 2 N–H and O–H groups in total. The third kappa shape index (κ3) is 9.09. The maximum absolute atomic E-state index is 14.0. The van der Waals surface area contributed by atoms with Crippen molar-refractivity contribution in [3.05, 3.63) is 30.4 Å². The van der Waals surface area contributed by atoms with Gasteiger partial charge >= 0.3 is 12.3 Å². The van der Waals surface area contributed by atoms with E-state index in [4.69, 9.17) is 4.74 Å². The van der Waals surface area contributed by atoms with Crippen LogP contribution in [0.3, 0.4) is 0 Å². The van der Waals surface area contributed by atoms with Gasteiger partial charge in [0.05, 0.1) is 18.4 Å². The predicted octanol–water partition coefficient (Wildman–Crippen LogP) is 4.84. The molecule has 0 aromatic carbocycles. The summed E-state index contributed by atoms with van der Waals surface area (Å²) in [6.45, 7) is 8.21. The molecule has 0 radical (unpaired) electrons. The molecular formula is C31H44F3N7O5. The average molecular weight is 652 g/mol. The molecule has 254 valence electrons. The van der Waals surface area contributed by atoms with Crippen molar-refractivity contribution in [2.75, 3.05) is 12.4 Å². The van der Waals surface area contributed by atoms with Crippen LogP contribution in [0.2, 0.25) is 0 Å². The van der Waals surface area contributed by atoms with Gasteiger partial charge in [0, 0.05) is 31.4 Å². The normalized spacial score (nSPS) is 17.4. The summed E-state index contributed by atoms with van der Waals surface area (Å²) in [6, 6.07) is -1.54. The second-order valence-corrected chi connectivity index (χ2v) is 13.7. The summed E-state index contributed by atoms with van der Waals surface area (Å²) in [5, 5.41) is 14.1. The van der Waals surface area contributed by atoms with Crippen LogP contribution in [0.15, 0.2) is 24.7 Å². The lowest BCUT2D eigenvalue weighted by molar-refractivity contribution is -0.182. The van der Waals surface area contributed by atoms with E-state index in [0.717, 1.165) is 32.7 Å². The molecule has 15 heteroatoms. The van der Waals surface area contributed by atoms with Crippen LogP contribution in [0.1, 0.15) is 83.3 Å². The monoisotopic (exact) mass is 651 g/mol. The van der Waals surface area contributed by atoms with Gasteiger partial charge in [0.1, 0.15) is 29.7 Å². The number of amides is 3. The van der Waals surface area contributed by atoms with E-state index in [0.29, 0.717) is 28.7 Å². The summed E-state index contributed by atoms with van der Waals surface area (Å²) in [6.07, 6.45) is 1.94. The smallest absolute Gasteiger partial charge is 0.410 e. The number of rotatable bonds is 14. The van der Waals surface area contributed by atoms with Gasteiger partial charge in [-0.15, -0.1) is 0 Å². The van der Waals surface area contributed by atoms with E-state index in [1.807, 2.05) is 13.8 Å². The van der Waals surface area contributed by atoms with Crippen molar-refractivity contribution in [2.24, 2.45) is 23.7 Å². The van der Waals surface area contributed by atoms with E-state index >= 15 is 0 Å². The van der Waals surface area contributed by atoms with Crippen molar-refractivity contribution in [1.82, 2.24) is 29.8 Å². The van der Waals surface area contributed by atoms with Crippen LogP contribution in [0, 0.1) is 23.7 Å². The summed E-state index contributed by atoms with van der Waals surface area (Å²) in [4.78, 5) is 51.8. The first-order valence-corrected chi connectivity index (χ1v) is 15.6. The van der Waals surface area contributed by atoms with E-state index in [9.17, 15) is 32.3 Å². The fourth-order valence-electron chi connectivity index (χ4n) is 5.77. The number of halogens is 3. The molecule has 0 bridgehead atoms. The molecule has 0 saturated heterocycles. The molecular weight excluding hydrogens is 607 g/mol. The standard InChI is InChI=1S/C31H44F3N7O5/c1-18(2)41-23(11-12-35-41)27(43)38-26(25(20-7-8-20)21-9-10-21)28(44)37-22-14-36-40(16-22)15-19(17-42)13-24(31(32,33)34)39(6)29(45)46-30(3,4)5/h11-12,14,16-21,24-26H,7-10,13,15H2,1-6H3,(H,37,44)(H,38,43). The van der Waals surface area contributed by atoms with Crippen molar-refractivity contribution in [3.63, 3.8) is 0 Å². The number of ether oxygens (including phenoxy) is 1. The van der Waals surface area contributed by atoms with Gasteiger partial charge in [-0.2, -0.15) is 23.4 Å². The number of hydrogen-bond donors (Lipinski definition) is 2. The summed E-state index contributed by atoms with van der Waals surface area (Å²) >= 11 is 0. The molecule has 3 atom stereocenters. The third-order valence-electron chi connectivity index (χ3n) is 8.25. The highest BCUT2D eigenvalue weighted by atomic mass is 19.4. The second kappa shape index (κ2) is 13.8. The largest absolute Gasteiger partial charge is 0.444 e. The number of nitrogens with zero attached hydrogens (tertiary/aromatic N) is 5. The first-order valence-electron chi connectivity index (χ1n) is 15.6. The summed E-state index contributed by atoms with van der Waals surface area (Å²) < 4.78 is 49.9. The van der Waals surface area contributed by atoms with Gasteiger partial charge in [-0.3, -0.25) is 23.9 Å². The van der Waals surface area contributed by atoms with Crippen LogP contribution < -0.4 is 10.6 Å². The molecule has 0 spiro atoms. The molecule has 4 rings (SSSR count). The highest BCUT2D eigenvalue weighted by molar-refractivity contribution is 6.00. The van der Waals surface area contributed by atoms with Crippen molar-refractivity contribution in [3.8, 4) is 0 Å². The van der Waals surface area contributed by atoms with Crippen LogP contribution in [0.4, 0.5) is 23.7 Å². The highest BCUT2D eigenvalue weighted by Crippen LogP contribution is 2.51. The Bertz CT molecular complexity index is 1380. The number of hydrogen-bond acceptors (Lipinski definition) is 7. The zero-order chi connectivity index (χ0) is 34.0. The molecule has 3 unspecified atom stereocenters. The van der Waals surface area contributed by atoms with Crippen molar-refractivity contribution < 1.29 is 37.1 Å². The molecule has 3 amide bonds. The van der Waals surface area contributed by atoms with Gasteiger partial charge in [0.2, 0.25) is 5.91 Å². The van der Waals surface area contributed by atoms with Crippen molar-refractivity contribution >= 4 is 29.9 Å². The Morgan fingerprint density at radius 1 is 1.11 bits per heavy atom. The molecule has 12 nitrogen and oxygen atoms in total. The van der Waals surface area contributed by atoms with Crippen molar-refractivity contribution in [1.29, 1.82) is 0 Å². The van der Waals surface area contributed by atoms with Crippen LogP contribution in [0.25, 0.3) is 0 Å². The Morgan fingerprint density at radius 2 is 1.74 bits per heavy atom. The van der Waals surface area contributed by atoms with E-state index in [2.05, 4.69) is 20.8 Å². The van der Waals surface area contributed by atoms with Gasteiger partial charge in [-0.1, -0.05) is 0 Å². The molecule has 2 aliphatic carbocycles. The van der Waals surface area contributed by atoms with Gasteiger partial charge in [-0.25, -0.2) is 4.79 Å². The maximum Gasteiger partial charge on any atom is 0.410 e. The van der Waals surface area contributed by atoms with Gasteiger partial charge in [0.25, 0.3) is 5.91 Å². The van der Waals surface area contributed by atoms with Crippen molar-refractivity contribution in [2.45, 2.75) is 103 Å². The Balaban J connectivity index is 1.45. The summed E-state index contributed by atoms with van der Waals surface area (Å²) in [5.41, 5.74) is -0.387. The minimum absolute atomic E-state index is 0.0323. The quantitative estimate of drug-likeness (QED) is 0.279. The SMILES string of the molecule is CC(C)n1nccc1C(=O)NC(C(=O)Nc1cnn(CC(C=O)CC(N(C)C(=O)OC(C)(C)C)C(F)(F)F)c1)C(C1CC1)C1CC1. The Morgan fingerprint density at radius 3 is 2.26 bits per heavy atom. The zero-order valence-electron chi connectivity index (χ0n) is 27.1. The van der Waals surface area contributed by atoms with Crippen LogP contribution >= 0.6 is 0 Å². The maximum atomic E-state index is 14.0. The van der Waals surface area contributed by atoms with E-state index in [1.165, 1.54) is 23.3 Å². The number of alkyl halides is 3. The van der Waals surface area contributed by atoms with Gasteiger partial charge in [0.15, 0.2) is 0 Å².